The van der Waals surface area contributed by atoms with Crippen LogP contribution in [0, 0.1) is 0 Å². The number of fused-ring (bicyclic) bond motifs is 1. The molecule has 4 heteroatoms. The molecule has 0 bridgehead atoms. The van der Waals surface area contributed by atoms with Gasteiger partial charge in [0.05, 0.1) is 16.6 Å². The Morgan fingerprint density at radius 2 is 2.05 bits per heavy atom. The second-order valence-electron chi connectivity index (χ2n) is 5.62. The van der Waals surface area contributed by atoms with Crippen molar-refractivity contribution in [3.8, 4) is 0 Å². The molecule has 0 spiro atoms. The first-order valence-corrected chi connectivity index (χ1v) is 9.05. The van der Waals surface area contributed by atoms with Gasteiger partial charge in [-0.25, -0.2) is 4.98 Å². The second-order valence-corrected chi connectivity index (χ2v) is 6.83. The minimum absolute atomic E-state index is 0.531. The highest BCUT2D eigenvalue weighted by Gasteiger charge is 2.14. The standard InChI is InChI=1S/C17H21ClN2S/c18-11-16-13-21-17(19-16)7-3-4-9-20-10-8-14-5-1-2-6-15(14)12-20/h1-2,5-6,13H,3-4,7-12H2. The average molecular weight is 321 g/mol. The monoisotopic (exact) mass is 320 g/mol. The van der Waals surface area contributed by atoms with Crippen LogP contribution in [0.3, 0.4) is 0 Å². The van der Waals surface area contributed by atoms with E-state index in [1.165, 1.54) is 48.5 Å². The largest absolute Gasteiger partial charge is 0.299 e. The molecule has 0 atom stereocenters. The molecule has 1 aromatic carbocycles. The zero-order chi connectivity index (χ0) is 14.5. The maximum absolute atomic E-state index is 5.78. The lowest BCUT2D eigenvalue weighted by Crippen LogP contribution is -2.31. The zero-order valence-electron chi connectivity index (χ0n) is 12.2. The second kappa shape index (κ2) is 7.39. The van der Waals surface area contributed by atoms with Gasteiger partial charge in [-0.05, 0) is 43.4 Å². The van der Waals surface area contributed by atoms with Gasteiger partial charge >= 0.3 is 0 Å². The molecule has 21 heavy (non-hydrogen) atoms. The van der Waals surface area contributed by atoms with Crippen LogP contribution in [0.15, 0.2) is 29.6 Å². The van der Waals surface area contributed by atoms with E-state index in [2.05, 4.69) is 39.5 Å². The maximum atomic E-state index is 5.78. The number of thiazole rings is 1. The number of nitrogens with zero attached hydrogens (tertiary/aromatic N) is 2. The molecule has 1 aliphatic rings. The summed E-state index contributed by atoms with van der Waals surface area (Å²) in [6.07, 6.45) is 4.75. The predicted octanol–water partition coefficient (Wildman–Crippen LogP) is 4.26. The first-order valence-electron chi connectivity index (χ1n) is 7.63. The maximum Gasteiger partial charge on any atom is 0.0928 e. The van der Waals surface area contributed by atoms with Gasteiger partial charge < -0.3 is 0 Å². The Labute approximate surface area is 135 Å². The molecular weight excluding hydrogens is 300 g/mol. The highest BCUT2D eigenvalue weighted by molar-refractivity contribution is 7.09. The molecule has 0 N–H and O–H groups in total. The van der Waals surface area contributed by atoms with Gasteiger partial charge in [0.25, 0.3) is 0 Å². The molecule has 0 fully saturated rings. The number of rotatable bonds is 6. The normalized spacial score (nSPS) is 15.1. The molecule has 0 radical (unpaired) electrons. The van der Waals surface area contributed by atoms with Crippen LogP contribution in [0.2, 0.25) is 0 Å². The van der Waals surface area contributed by atoms with Crippen molar-refractivity contribution < 1.29 is 0 Å². The molecular formula is C17H21ClN2S. The average Bonchev–Trinajstić information content (AvgIpc) is 2.99. The number of benzene rings is 1. The first kappa shape index (κ1) is 15.0. The Bertz CT molecular complexity index is 582. The molecule has 0 aliphatic carbocycles. The molecule has 0 unspecified atom stereocenters. The van der Waals surface area contributed by atoms with Crippen LogP contribution >= 0.6 is 22.9 Å². The van der Waals surface area contributed by atoms with Crippen LogP contribution in [-0.4, -0.2) is 23.0 Å². The summed E-state index contributed by atoms with van der Waals surface area (Å²) in [7, 11) is 0. The fourth-order valence-electron chi connectivity index (χ4n) is 2.88. The molecule has 2 aromatic rings. The van der Waals surface area contributed by atoms with Crippen LogP contribution in [-0.2, 0) is 25.3 Å². The Balaban J connectivity index is 1.40. The lowest BCUT2D eigenvalue weighted by Gasteiger charge is -2.28. The Morgan fingerprint density at radius 1 is 1.19 bits per heavy atom. The number of hydrogen-bond donors (Lipinski definition) is 0. The Morgan fingerprint density at radius 3 is 2.86 bits per heavy atom. The van der Waals surface area contributed by atoms with E-state index in [1.807, 2.05) is 0 Å². The first-order chi connectivity index (χ1) is 10.3. The molecule has 2 nitrogen and oxygen atoms in total. The van der Waals surface area contributed by atoms with Crippen LogP contribution in [0.25, 0.3) is 0 Å². The van der Waals surface area contributed by atoms with Crippen LogP contribution in [0.4, 0.5) is 0 Å². The Kier molecular flexibility index (Phi) is 5.28. The van der Waals surface area contributed by atoms with E-state index < -0.39 is 0 Å². The molecule has 2 heterocycles. The van der Waals surface area contributed by atoms with Gasteiger partial charge in [-0.3, -0.25) is 4.90 Å². The van der Waals surface area contributed by atoms with E-state index >= 15 is 0 Å². The Hall–Kier alpha value is -0.900. The third kappa shape index (κ3) is 4.06. The van der Waals surface area contributed by atoms with E-state index in [9.17, 15) is 0 Å². The van der Waals surface area contributed by atoms with E-state index in [0.717, 1.165) is 18.7 Å². The number of unbranched alkanes of at least 4 members (excludes halogenated alkanes) is 1. The topological polar surface area (TPSA) is 16.1 Å². The van der Waals surface area contributed by atoms with Crippen LogP contribution in [0.5, 0.6) is 0 Å². The highest BCUT2D eigenvalue weighted by Crippen LogP contribution is 2.19. The van der Waals surface area contributed by atoms with E-state index in [0.29, 0.717) is 5.88 Å². The number of halogens is 1. The summed E-state index contributed by atoms with van der Waals surface area (Å²) in [6, 6.07) is 8.84. The summed E-state index contributed by atoms with van der Waals surface area (Å²) < 4.78 is 0. The van der Waals surface area contributed by atoms with Gasteiger partial charge in [0.1, 0.15) is 0 Å². The van der Waals surface area contributed by atoms with Crippen molar-refractivity contribution in [2.75, 3.05) is 13.1 Å². The van der Waals surface area contributed by atoms with Crippen molar-refractivity contribution in [2.24, 2.45) is 0 Å². The van der Waals surface area contributed by atoms with Crippen molar-refractivity contribution in [3.05, 3.63) is 51.5 Å². The summed E-state index contributed by atoms with van der Waals surface area (Å²) in [5, 5.41) is 3.30. The zero-order valence-corrected chi connectivity index (χ0v) is 13.8. The van der Waals surface area contributed by atoms with Crippen molar-refractivity contribution in [2.45, 2.75) is 38.1 Å². The molecule has 1 aliphatic heterocycles. The summed E-state index contributed by atoms with van der Waals surface area (Å²) in [5.41, 5.74) is 4.06. The third-order valence-electron chi connectivity index (χ3n) is 4.06. The molecule has 0 saturated heterocycles. The fourth-order valence-corrected chi connectivity index (χ4v) is 3.95. The van der Waals surface area contributed by atoms with Crippen LogP contribution < -0.4 is 0 Å². The number of hydrogen-bond acceptors (Lipinski definition) is 3. The van der Waals surface area contributed by atoms with Gasteiger partial charge in [-0.1, -0.05) is 24.3 Å². The van der Waals surface area contributed by atoms with Gasteiger partial charge in [0.2, 0.25) is 0 Å². The van der Waals surface area contributed by atoms with Gasteiger partial charge in [-0.2, -0.15) is 0 Å². The van der Waals surface area contributed by atoms with E-state index in [-0.39, 0.29) is 0 Å². The highest BCUT2D eigenvalue weighted by atomic mass is 35.5. The lowest BCUT2D eigenvalue weighted by atomic mass is 10.00. The molecule has 3 rings (SSSR count). The summed E-state index contributed by atoms with van der Waals surface area (Å²) in [6.45, 7) is 3.51. The fraction of sp³-hybridized carbons (Fsp3) is 0.471. The molecule has 1 aromatic heterocycles. The minimum atomic E-state index is 0.531. The predicted molar refractivity (Wildman–Crippen MR) is 90.0 cm³/mol. The van der Waals surface area contributed by atoms with Crippen LogP contribution in [0.1, 0.15) is 34.7 Å². The quantitative estimate of drug-likeness (QED) is 0.584. The van der Waals surface area contributed by atoms with Crippen molar-refractivity contribution >= 4 is 22.9 Å². The SMILES string of the molecule is ClCc1csc(CCCCN2CCc3ccccc3C2)n1. The van der Waals surface area contributed by atoms with Gasteiger partial charge in [0.15, 0.2) is 0 Å². The number of aromatic nitrogens is 1. The summed E-state index contributed by atoms with van der Waals surface area (Å²) in [4.78, 5) is 7.09. The smallest absolute Gasteiger partial charge is 0.0928 e. The summed E-state index contributed by atoms with van der Waals surface area (Å²) in [5.74, 6) is 0.531. The van der Waals surface area contributed by atoms with Gasteiger partial charge in [-0.15, -0.1) is 22.9 Å². The number of aryl methyl sites for hydroxylation is 1. The lowest BCUT2D eigenvalue weighted by molar-refractivity contribution is 0.249. The van der Waals surface area contributed by atoms with Crippen molar-refractivity contribution in [1.82, 2.24) is 9.88 Å². The van der Waals surface area contributed by atoms with Crippen molar-refractivity contribution in [3.63, 3.8) is 0 Å². The molecule has 112 valence electrons. The third-order valence-corrected chi connectivity index (χ3v) is 5.29. The van der Waals surface area contributed by atoms with Gasteiger partial charge in [0, 0.05) is 18.5 Å². The molecule has 0 amide bonds. The summed E-state index contributed by atoms with van der Waals surface area (Å²) >= 11 is 7.52. The number of alkyl halides is 1. The van der Waals surface area contributed by atoms with E-state index in [1.54, 1.807) is 11.3 Å². The van der Waals surface area contributed by atoms with E-state index in [4.69, 9.17) is 11.6 Å². The molecule has 0 saturated carbocycles. The minimum Gasteiger partial charge on any atom is -0.299 e. The van der Waals surface area contributed by atoms with Crippen molar-refractivity contribution in [1.29, 1.82) is 0 Å².